The van der Waals surface area contributed by atoms with Gasteiger partial charge in [0.2, 0.25) is 15.9 Å². The largest absolute Gasteiger partial charge is 0.379 e. The minimum atomic E-state index is -3.57. The van der Waals surface area contributed by atoms with Crippen LogP contribution in [-0.2, 0) is 19.6 Å². The Balaban J connectivity index is 2.14. The molecule has 1 heterocycles. The number of benzene rings is 1. The summed E-state index contributed by atoms with van der Waals surface area (Å²) in [5.74, 6) is -0.316. The molecule has 0 aliphatic carbocycles. The van der Waals surface area contributed by atoms with Gasteiger partial charge in [-0.15, -0.1) is 0 Å². The number of carbonyl (C=O) groups excluding carboxylic acids is 1. The van der Waals surface area contributed by atoms with Gasteiger partial charge in [-0.1, -0.05) is 24.3 Å². The number of morpholine rings is 1. The Labute approximate surface area is 136 Å². The molecule has 0 unspecified atom stereocenters. The molecule has 0 bridgehead atoms. The van der Waals surface area contributed by atoms with Crippen molar-refractivity contribution in [2.75, 3.05) is 31.6 Å². The third kappa shape index (κ3) is 4.75. The minimum Gasteiger partial charge on any atom is -0.379 e. The number of carbonyl (C=O) groups is 1. The lowest BCUT2D eigenvalue weighted by Crippen LogP contribution is -2.40. The molecule has 7 heteroatoms. The average Bonchev–Trinajstić information content (AvgIpc) is 2.56. The SMILES string of the molecule is C/C=C/C=C/C(=O)Nc1cccc(S(=O)(=O)N2CCOCC2)c1. The van der Waals surface area contributed by atoms with Crippen LogP contribution >= 0.6 is 0 Å². The van der Waals surface area contributed by atoms with Crippen LogP contribution in [0.5, 0.6) is 0 Å². The van der Waals surface area contributed by atoms with Gasteiger partial charge in [0, 0.05) is 24.9 Å². The second kappa shape index (κ2) is 8.05. The molecule has 124 valence electrons. The van der Waals surface area contributed by atoms with Crippen LogP contribution in [0, 0.1) is 0 Å². The monoisotopic (exact) mass is 336 g/mol. The quantitative estimate of drug-likeness (QED) is 0.657. The van der Waals surface area contributed by atoms with Gasteiger partial charge in [0.05, 0.1) is 18.1 Å². The summed E-state index contributed by atoms with van der Waals surface area (Å²) in [4.78, 5) is 11.9. The molecule has 1 fully saturated rings. The molecule has 1 saturated heterocycles. The molecule has 1 amide bonds. The van der Waals surface area contributed by atoms with E-state index in [1.54, 1.807) is 30.4 Å². The topological polar surface area (TPSA) is 75.7 Å². The van der Waals surface area contributed by atoms with Crippen LogP contribution in [-0.4, -0.2) is 44.9 Å². The van der Waals surface area contributed by atoms with Crippen LogP contribution in [0.4, 0.5) is 5.69 Å². The standard InChI is InChI=1S/C16H20N2O4S/c1-2-3-4-8-16(19)17-14-6-5-7-15(13-14)23(20,21)18-9-11-22-12-10-18/h2-8,13H,9-12H2,1H3,(H,17,19)/b3-2+,8-4+. The summed E-state index contributed by atoms with van der Waals surface area (Å²) in [7, 11) is -3.57. The second-order valence-corrected chi connectivity index (χ2v) is 6.86. The molecular formula is C16H20N2O4S. The molecule has 23 heavy (non-hydrogen) atoms. The van der Waals surface area contributed by atoms with E-state index in [-0.39, 0.29) is 10.8 Å². The highest BCUT2D eigenvalue weighted by Gasteiger charge is 2.26. The molecule has 1 aromatic carbocycles. The number of allylic oxidation sites excluding steroid dienone is 3. The van der Waals surface area contributed by atoms with Gasteiger partial charge in [-0.05, 0) is 25.1 Å². The van der Waals surface area contributed by atoms with Crippen molar-refractivity contribution in [3.8, 4) is 0 Å². The van der Waals surface area contributed by atoms with Crippen molar-refractivity contribution in [2.24, 2.45) is 0 Å². The summed E-state index contributed by atoms with van der Waals surface area (Å²) in [5, 5.41) is 2.65. The molecule has 2 rings (SSSR count). The predicted molar refractivity (Wildman–Crippen MR) is 88.6 cm³/mol. The van der Waals surface area contributed by atoms with E-state index in [1.807, 2.05) is 6.92 Å². The summed E-state index contributed by atoms with van der Waals surface area (Å²) < 4.78 is 31.7. The highest BCUT2D eigenvalue weighted by molar-refractivity contribution is 7.89. The number of amides is 1. The Morgan fingerprint density at radius 3 is 2.70 bits per heavy atom. The van der Waals surface area contributed by atoms with Crippen molar-refractivity contribution in [1.82, 2.24) is 4.31 Å². The Bertz CT molecular complexity index is 705. The van der Waals surface area contributed by atoms with Crippen molar-refractivity contribution in [1.29, 1.82) is 0 Å². The van der Waals surface area contributed by atoms with Crippen LogP contribution in [0.1, 0.15) is 6.92 Å². The first kappa shape index (κ1) is 17.4. The van der Waals surface area contributed by atoms with E-state index in [2.05, 4.69) is 5.32 Å². The van der Waals surface area contributed by atoms with Crippen LogP contribution in [0.3, 0.4) is 0 Å². The zero-order valence-electron chi connectivity index (χ0n) is 12.9. The van der Waals surface area contributed by atoms with E-state index in [9.17, 15) is 13.2 Å². The molecule has 1 aliphatic rings. The van der Waals surface area contributed by atoms with Crippen LogP contribution < -0.4 is 5.32 Å². The van der Waals surface area contributed by atoms with Gasteiger partial charge in [-0.2, -0.15) is 4.31 Å². The van der Waals surface area contributed by atoms with Gasteiger partial charge < -0.3 is 10.1 Å². The van der Waals surface area contributed by atoms with E-state index in [4.69, 9.17) is 4.74 Å². The van der Waals surface area contributed by atoms with E-state index >= 15 is 0 Å². The third-order valence-electron chi connectivity index (χ3n) is 3.26. The average molecular weight is 336 g/mol. The summed E-state index contributed by atoms with van der Waals surface area (Å²) in [6.07, 6.45) is 6.53. The summed E-state index contributed by atoms with van der Waals surface area (Å²) in [6.45, 7) is 3.31. The molecular weight excluding hydrogens is 316 g/mol. The Kier molecular flexibility index (Phi) is 6.09. The number of hydrogen-bond donors (Lipinski definition) is 1. The smallest absolute Gasteiger partial charge is 0.248 e. The van der Waals surface area contributed by atoms with E-state index < -0.39 is 10.0 Å². The van der Waals surface area contributed by atoms with Gasteiger partial charge >= 0.3 is 0 Å². The maximum Gasteiger partial charge on any atom is 0.248 e. The molecule has 0 spiro atoms. The Morgan fingerprint density at radius 2 is 2.00 bits per heavy atom. The zero-order chi connectivity index (χ0) is 16.7. The fraction of sp³-hybridized carbons (Fsp3) is 0.312. The molecule has 0 atom stereocenters. The lowest BCUT2D eigenvalue weighted by Gasteiger charge is -2.26. The molecule has 1 aliphatic heterocycles. The minimum absolute atomic E-state index is 0.162. The van der Waals surface area contributed by atoms with E-state index in [1.165, 1.54) is 22.5 Å². The summed E-state index contributed by atoms with van der Waals surface area (Å²) in [5.41, 5.74) is 0.439. The van der Waals surface area contributed by atoms with Crippen molar-refractivity contribution in [3.05, 3.63) is 48.6 Å². The number of nitrogens with zero attached hydrogens (tertiary/aromatic N) is 1. The summed E-state index contributed by atoms with van der Waals surface area (Å²) in [6, 6.07) is 6.25. The van der Waals surface area contributed by atoms with Crippen LogP contribution in [0.15, 0.2) is 53.5 Å². The van der Waals surface area contributed by atoms with Crippen molar-refractivity contribution in [2.45, 2.75) is 11.8 Å². The van der Waals surface area contributed by atoms with Crippen molar-refractivity contribution >= 4 is 21.6 Å². The first-order valence-corrected chi connectivity index (χ1v) is 8.76. The maximum absolute atomic E-state index is 12.6. The Hall–Kier alpha value is -1.96. The lowest BCUT2D eigenvalue weighted by molar-refractivity contribution is -0.111. The molecule has 0 radical (unpaired) electrons. The molecule has 0 saturated carbocycles. The van der Waals surface area contributed by atoms with Gasteiger partial charge in [0.1, 0.15) is 0 Å². The first-order chi connectivity index (χ1) is 11.0. The highest BCUT2D eigenvalue weighted by atomic mass is 32.2. The van der Waals surface area contributed by atoms with Gasteiger partial charge in [0.25, 0.3) is 0 Å². The lowest BCUT2D eigenvalue weighted by atomic mass is 10.3. The maximum atomic E-state index is 12.6. The van der Waals surface area contributed by atoms with Gasteiger partial charge in [0.15, 0.2) is 0 Å². The van der Waals surface area contributed by atoms with E-state index in [0.29, 0.717) is 32.0 Å². The number of anilines is 1. The number of rotatable bonds is 5. The number of hydrogen-bond acceptors (Lipinski definition) is 4. The number of nitrogens with one attached hydrogen (secondary N) is 1. The molecule has 1 N–H and O–H groups in total. The summed E-state index contributed by atoms with van der Waals surface area (Å²) >= 11 is 0. The predicted octanol–water partition coefficient (Wildman–Crippen LogP) is 1.78. The first-order valence-electron chi connectivity index (χ1n) is 7.32. The van der Waals surface area contributed by atoms with Gasteiger partial charge in [-0.3, -0.25) is 4.79 Å². The fourth-order valence-corrected chi connectivity index (χ4v) is 3.56. The van der Waals surface area contributed by atoms with Crippen LogP contribution in [0.2, 0.25) is 0 Å². The van der Waals surface area contributed by atoms with Crippen LogP contribution in [0.25, 0.3) is 0 Å². The highest BCUT2D eigenvalue weighted by Crippen LogP contribution is 2.20. The second-order valence-electron chi connectivity index (χ2n) is 4.92. The van der Waals surface area contributed by atoms with Crippen molar-refractivity contribution in [3.63, 3.8) is 0 Å². The number of sulfonamides is 1. The molecule has 6 nitrogen and oxygen atoms in total. The number of ether oxygens (including phenoxy) is 1. The van der Waals surface area contributed by atoms with Gasteiger partial charge in [-0.25, -0.2) is 8.42 Å². The van der Waals surface area contributed by atoms with E-state index in [0.717, 1.165) is 0 Å². The normalized spacial score (nSPS) is 16.9. The molecule has 1 aromatic rings. The molecule has 0 aromatic heterocycles. The fourth-order valence-electron chi connectivity index (χ4n) is 2.11. The Morgan fingerprint density at radius 1 is 1.26 bits per heavy atom. The third-order valence-corrected chi connectivity index (χ3v) is 5.16. The zero-order valence-corrected chi connectivity index (χ0v) is 13.8. The van der Waals surface area contributed by atoms with Crippen molar-refractivity contribution < 1.29 is 17.9 Å².